The number of carbonyl (C=O) groups excluding carboxylic acids is 3. The zero-order valence-corrected chi connectivity index (χ0v) is 22.5. The summed E-state index contributed by atoms with van der Waals surface area (Å²) in [5.41, 5.74) is 0.460. The standard InChI is InChI=1S/C29H40N2O7/c1-5-7-19(30-25(35)23(34)15-17-9-10-21(32)22(33)14-17)26(36)31-13-6-8-20(31)27(37)38-24-16-18-11-12-29(24,4)28(18,2)3/h5,9-10,14,18-20,23-24,32-34H,1,6-8,11-13,15-16H2,2-4H3,(H,30,35). The lowest BCUT2D eigenvalue weighted by molar-refractivity contribution is -0.165. The minimum Gasteiger partial charge on any atom is -0.504 e. The molecular weight excluding hydrogens is 488 g/mol. The topological polar surface area (TPSA) is 136 Å². The van der Waals surface area contributed by atoms with E-state index in [1.807, 2.05) is 0 Å². The molecule has 1 aromatic rings. The van der Waals surface area contributed by atoms with Gasteiger partial charge in [0.1, 0.15) is 24.3 Å². The Bertz CT molecular complexity index is 1100. The normalized spacial score (nSPS) is 29.1. The zero-order chi connectivity index (χ0) is 27.8. The number of hydrogen-bond donors (Lipinski definition) is 4. The number of rotatable bonds is 9. The number of carbonyl (C=O) groups is 3. The number of aliphatic hydroxyl groups is 1. The third kappa shape index (κ3) is 5.00. The fourth-order valence-corrected chi connectivity index (χ4v) is 6.67. The molecule has 0 spiro atoms. The fourth-order valence-electron chi connectivity index (χ4n) is 6.67. The van der Waals surface area contributed by atoms with Crippen LogP contribution in [0.5, 0.6) is 11.5 Å². The largest absolute Gasteiger partial charge is 0.504 e. The van der Waals surface area contributed by atoms with Crippen LogP contribution in [-0.2, 0) is 25.5 Å². The molecular formula is C29H40N2O7. The van der Waals surface area contributed by atoms with Crippen molar-refractivity contribution in [1.82, 2.24) is 10.2 Å². The number of amides is 2. The second-order valence-corrected chi connectivity index (χ2v) is 11.9. The molecule has 2 bridgehead atoms. The summed E-state index contributed by atoms with van der Waals surface area (Å²) in [6, 6.07) is 2.31. The number of nitrogens with one attached hydrogen (secondary N) is 1. The summed E-state index contributed by atoms with van der Waals surface area (Å²) in [6.45, 7) is 10.8. The van der Waals surface area contributed by atoms with Gasteiger partial charge in [0, 0.05) is 18.4 Å². The number of aromatic hydroxyl groups is 2. The van der Waals surface area contributed by atoms with Crippen LogP contribution < -0.4 is 5.32 Å². The Morgan fingerprint density at radius 1 is 1.21 bits per heavy atom. The Hall–Kier alpha value is -3.07. The van der Waals surface area contributed by atoms with Crippen LogP contribution in [0, 0.1) is 16.7 Å². The molecule has 3 fully saturated rings. The Kier molecular flexibility index (Phi) is 7.79. The average Bonchev–Trinajstić information content (AvgIpc) is 3.49. The first-order valence-corrected chi connectivity index (χ1v) is 13.5. The number of benzene rings is 1. The molecule has 9 nitrogen and oxygen atoms in total. The highest BCUT2D eigenvalue weighted by Gasteiger charge is 2.63. The molecule has 2 amide bonds. The van der Waals surface area contributed by atoms with Gasteiger partial charge in [-0.05, 0) is 67.6 Å². The molecule has 38 heavy (non-hydrogen) atoms. The lowest BCUT2D eigenvalue weighted by Crippen LogP contribution is -2.54. The van der Waals surface area contributed by atoms with Gasteiger partial charge in [0.2, 0.25) is 11.8 Å². The van der Waals surface area contributed by atoms with Gasteiger partial charge in [-0.3, -0.25) is 9.59 Å². The van der Waals surface area contributed by atoms with E-state index in [1.54, 1.807) is 0 Å². The smallest absolute Gasteiger partial charge is 0.329 e. The van der Waals surface area contributed by atoms with Gasteiger partial charge >= 0.3 is 5.97 Å². The monoisotopic (exact) mass is 528 g/mol. The molecule has 1 heterocycles. The Morgan fingerprint density at radius 2 is 1.95 bits per heavy atom. The van der Waals surface area contributed by atoms with Crippen molar-refractivity contribution in [2.45, 2.75) is 90.0 Å². The van der Waals surface area contributed by atoms with E-state index < -0.39 is 30.0 Å². The van der Waals surface area contributed by atoms with E-state index >= 15 is 0 Å². The SMILES string of the molecule is C=CCC(NC(=O)C(O)Cc1ccc(O)c(O)c1)C(=O)N1CCCC1C(=O)OC1CC2CCC1(C)C2(C)C. The minimum absolute atomic E-state index is 0.0788. The van der Waals surface area contributed by atoms with Gasteiger partial charge in [0.15, 0.2) is 11.5 Å². The maximum atomic E-state index is 13.5. The maximum Gasteiger partial charge on any atom is 0.329 e. The molecule has 3 aliphatic rings. The third-order valence-corrected chi connectivity index (χ3v) is 9.57. The average molecular weight is 529 g/mol. The van der Waals surface area contributed by atoms with Crippen LogP contribution >= 0.6 is 0 Å². The molecule has 4 N–H and O–H groups in total. The van der Waals surface area contributed by atoms with Crippen molar-refractivity contribution in [3.63, 3.8) is 0 Å². The van der Waals surface area contributed by atoms with Gasteiger partial charge in [-0.15, -0.1) is 6.58 Å². The molecule has 4 rings (SSSR count). The van der Waals surface area contributed by atoms with Crippen LogP contribution in [0.25, 0.3) is 0 Å². The Balaban J connectivity index is 1.39. The Morgan fingerprint density at radius 3 is 2.55 bits per heavy atom. The first-order chi connectivity index (χ1) is 17.9. The van der Waals surface area contributed by atoms with Crippen molar-refractivity contribution in [1.29, 1.82) is 0 Å². The summed E-state index contributed by atoms with van der Waals surface area (Å²) in [5, 5.41) is 32.1. The van der Waals surface area contributed by atoms with E-state index in [-0.39, 0.29) is 47.2 Å². The number of aliphatic hydroxyl groups excluding tert-OH is 1. The molecule has 0 aromatic heterocycles. The van der Waals surface area contributed by atoms with E-state index in [2.05, 4.69) is 32.7 Å². The van der Waals surface area contributed by atoms with Gasteiger partial charge in [0.05, 0.1) is 0 Å². The summed E-state index contributed by atoms with van der Waals surface area (Å²) in [4.78, 5) is 41.0. The molecule has 6 atom stereocenters. The summed E-state index contributed by atoms with van der Waals surface area (Å²) in [7, 11) is 0. The van der Waals surface area contributed by atoms with Crippen LogP contribution in [0.1, 0.15) is 64.9 Å². The molecule has 2 saturated carbocycles. The predicted octanol–water partition coefficient (Wildman–Crippen LogP) is 2.81. The van der Waals surface area contributed by atoms with Crippen molar-refractivity contribution in [3.05, 3.63) is 36.4 Å². The lowest BCUT2D eigenvalue weighted by Gasteiger charge is -2.39. The highest BCUT2D eigenvalue weighted by molar-refractivity contribution is 5.92. The van der Waals surface area contributed by atoms with Crippen LogP contribution in [0.15, 0.2) is 30.9 Å². The van der Waals surface area contributed by atoms with E-state index in [9.17, 15) is 29.7 Å². The van der Waals surface area contributed by atoms with Crippen LogP contribution in [0.4, 0.5) is 0 Å². The maximum absolute atomic E-state index is 13.5. The second-order valence-electron chi connectivity index (χ2n) is 11.9. The molecule has 1 aliphatic heterocycles. The first kappa shape index (κ1) is 28.0. The summed E-state index contributed by atoms with van der Waals surface area (Å²) in [6.07, 6.45) is 4.04. The van der Waals surface area contributed by atoms with Crippen LogP contribution in [0.2, 0.25) is 0 Å². The van der Waals surface area contributed by atoms with Gasteiger partial charge in [0.25, 0.3) is 0 Å². The third-order valence-electron chi connectivity index (χ3n) is 9.57. The molecule has 6 unspecified atom stereocenters. The number of fused-ring (bicyclic) bond motifs is 2. The molecule has 9 heteroatoms. The van der Waals surface area contributed by atoms with Crippen molar-refractivity contribution in [2.24, 2.45) is 16.7 Å². The van der Waals surface area contributed by atoms with Crippen molar-refractivity contribution in [2.75, 3.05) is 6.54 Å². The quantitative estimate of drug-likeness (QED) is 0.220. The van der Waals surface area contributed by atoms with Crippen LogP contribution in [0.3, 0.4) is 0 Å². The first-order valence-electron chi connectivity index (χ1n) is 13.5. The minimum atomic E-state index is -1.49. The highest BCUT2D eigenvalue weighted by Crippen LogP contribution is 2.66. The van der Waals surface area contributed by atoms with E-state index in [4.69, 9.17) is 4.74 Å². The summed E-state index contributed by atoms with van der Waals surface area (Å²) in [5.74, 6) is -1.69. The summed E-state index contributed by atoms with van der Waals surface area (Å²) < 4.78 is 6.07. The zero-order valence-electron chi connectivity index (χ0n) is 22.5. The highest BCUT2D eigenvalue weighted by atomic mass is 16.5. The lowest BCUT2D eigenvalue weighted by atomic mass is 9.70. The number of ether oxygens (including phenoxy) is 1. The van der Waals surface area contributed by atoms with Gasteiger partial charge in [-0.25, -0.2) is 4.79 Å². The molecule has 0 radical (unpaired) electrons. The molecule has 2 aliphatic carbocycles. The van der Waals surface area contributed by atoms with Crippen molar-refractivity contribution < 1.29 is 34.4 Å². The summed E-state index contributed by atoms with van der Waals surface area (Å²) >= 11 is 0. The van der Waals surface area contributed by atoms with Gasteiger partial charge in [-0.2, -0.15) is 0 Å². The van der Waals surface area contributed by atoms with Crippen LogP contribution in [-0.4, -0.2) is 68.8 Å². The van der Waals surface area contributed by atoms with E-state index in [1.165, 1.54) is 29.2 Å². The number of esters is 1. The number of phenolic OH excluding ortho intramolecular Hbond substituents is 2. The van der Waals surface area contributed by atoms with Gasteiger partial charge in [-0.1, -0.05) is 32.9 Å². The predicted molar refractivity (Wildman–Crippen MR) is 140 cm³/mol. The van der Waals surface area contributed by atoms with E-state index in [0.717, 1.165) is 19.3 Å². The number of nitrogens with zero attached hydrogens (tertiary/aromatic N) is 1. The van der Waals surface area contributed by atoms with E-state index in [0.29, 0.717) is 30.9 Å². The van der Waals surface area contributed by atoms with Gasteiger partial charge < -0.3 is 30.3 Å². The second kappa shape index (κ2) is 10.6. The molecule has 1 aromatic carbocycles. The fraction of sp³-hybridized carbons (Fsp3) is 0.621. The Labute approximate surface area is 223 Å². The van der Waals surface area contributed by atoms with Crippen molar-refractivity contribution in [3.8, 4) is 11.5 Å². The molecule has 208 valence electrons. The number of phenols is 2. The van der Waals surface area contributed by atoms with Crippen molar-refractivity contribution >= 4 is 17.8 Å². The number of likely N-dealkylation sites (tertiary alicyclic amines) is 1. The number of hydrogen-bond acceptors (Lipinski definition) is 7. The molecule has 1 saturated heterocycles.